The van der Waals surface area contributed by atoms with E-state index in [4.69, 9.17) is 10.5 Å². The number of nitrogens with two attached hydrogens (primary N) is 1. The Kier molecular flexibility index (Phi) is 5.59. The van der Waals surface area contributed by atoms with E-state index in [1.807, 2.05) is 24.3 Å². The van der Waals surface area contributed by atoms with Crippen molar-refractivity contribution in [3.8, 4) is 16.9 Å². The minimum Gasteiger partial charge on any atom is -0.497 e. The lowest BCUT2D eigenvalue weighted by molar-refractivity contribution is -0.122. The van der Waals surface area contributed by atoms with Crippen molar-refractivity contribution >= 4 is 5.91 Å². The lowest BCUT2D eigenvalue weighted by Crippen LogP contribution is -2.24. The van der Waals surface area contributed by atoms with Gasteiger partial charge in [-0.1, -0.05) is 49.7 Å². The third kappa shape index (κ3) is 4.10. The molecule has 0 aliphatic rings. The first-order chi connectivity index (χ1) is 10.6. The molecule has 3 heteroatoms. The molecule has 0 radical (unpaired) electrons. The lowest BCUT2D eigenvalue weighted by atomic mass is 9.93. The molecule has 2 aromatic rings. The standard InChI is InChI=1S/C19H23NO2/c1-3-4-17(19(20)21)13-14-5-7-15(8-6-14)16-9-11-18(22-2)12-10-16/h5-12,17H,3-4,13H2,1-2H3,(H2,20,21). The van der Waals surface area contributed by atoms with Crippen molar-refractivity contribution < 1.29 is 9.53 Å². The number of ether oxygens (including phenoxy) is 1. The molecule has 1 unspecified atom stereocenters. The van der Waals surface area contributed by atoms with E-state index in [9.17, 15) is 4.79 Å². The van der Waals surface area contributed by atoms with Crippen molar-refractivity contribution in [3.63, 3.8) is 0 Å². The van der Waals surface area contributed by atoms with Crippen LogP contribution in [-0.4, -0.2) is 13.0 Å². The number of benzene rings is 2. The van der Waals surface area contributed by atoms with Gasteiger partial charge in [0.05, 0.1) is 7.11 Å². The van der Waals surface area contributed by atoms with E-state index < -0.39 is 0 Å². The van der Waals surface area contributed by atoms with Gasteiger partial charge in [0.1, 0.15) is 5.75 Å². The highest BCUT2D eigenvalue weighted by Crippen LogP contribution is 2.23. The second-order valence-electron chi connectivity index (χ2n) is 5.52. The Bertz CT molecular complexity index is 602. The smallest absolute Gasteiger partial charge is 0.220 e. The summed E-state index contributed by atoms with van der Waals surface area (Å²) in [5.41, 5.74) is 8.91. The zero-order valence-corrected chi connectivity index (χ0v) is 13.2. The highest BCUT2D eigenvalue weighted by Gasteiger charge is 2.14. The highest BCUT2D eigenvalue weighted by atomic mass is 16.5. The Labute approximate surface area is 132 Å². The van der Waals surface area contributed by atoms with Crippen LogP contribution in [-0.2, 0) is 11.2 Å². The highest BCUT2D eigenvalue weighted by molar-refractivity contribution is 5.77. The van der Waals surface area contributed by atoms with Crippen molar-refractivity contribution in [2.75, 3.05) is 7.11 Å². The van der Waals surface area contributed by atoms with Gasteiger partial charge in [0.2, 0.25) is 5.91 Å². The van der Waals surface area contributed by atoms with Crippen molar-refractivity contribution in [1.82, 2.24) is 0 Å². The predicted molar refractivity (Wildman–Crippen MR) is 89.7 cm³/mol. The van der Waals surface area contributed by atoms with Crippen molar-refractivity contribution in [1.29, 1.82) is 0 Å². The molecule has 3 nitrogen and oxygen atoms in total. The minimum atomic E-state index is -0.207. The molecule has 0 aliphatic carbocycles. The number of carbonyl (C=O) groups excluding carboxylic acids is 1. The molecule has 1 amide bonds. The predicted octanol–water partition coefficient (Wildman–Crippen LogP) is 3.81. The van der Waals surface area contributed by atoms with Crippen LogP contribution in [0.15, 0.2) is 48.5 Å². The van der Waals surface area contributed by atoms with Crippen LogP contribution in [0.25, 0.3) is 11.1 Å². The van der Waals surface area contributed by atoms with E-state index in [2.05, 4.69) is 31.2 Å². The molecular formula is C19H23NO2. The quantitative estimate of drug-likeness (QED) is 0.845. The summed E-state index contributed by atoms with van der Waals surface area (Å²) in [6, 6.07) is 16.3. The zero-order chi connectivity index (χ0) is 15.9. The lowest BCUT2D eigenvalue weighted by Gasteiger charge is -2.12. The molecule has 2 N–H and O–H groups in total. The number of carbonyl (C=O) groups is 1. The van der Waals surface area contributed by atoms with Gasteiger partial charge in [-0.2, -0.15) is 0 Å². The molecule has 0 fully saturated rings. The first kappa shape index (κ1) is 16.1. The Balaban J connectivity index is 2.10. The molecular weight excluding hydrogens is 274 g/mol. The fourth-order valence-electron chi connectivity index (χ4n) is 2.59. The molecule has 22 heavy (non-hydrogen) atoms. The molecule has 0 aliphatic heterocycles. The minimum absolute atomic E-state index is 0.0724. The average Bonchev–Trinajstić information content (AvgIpc) is 2.55. The monoisotopic (exact) mass is 297 g/mol. The van der Waals surface area contributed by atoms with Gasteiger partial charge < -0.3 is 10.5 Å². The summed E-state index contributed by atoms with van der Waals surface area (Å²) in [6.07, 6.45) is 2.53. The average molecular weight is 297 g/mol. The summed E-state index contributed by atoms with van der Waals surface area (Å²) < 4.78 is 5.17. The molecule has 0 aromatic heterocycles. The second-order valence-corrected chi connectivity index (χ2v) is 5.52. The van der Waals surface area contributed by atoms with E-state index >= 15 is 0 Å². The van der Waals surface area contributed by atoms with Crippen LogP contribution in [0.3, 0.4) is 0 Å². The Morgan fingerprint density at radius 2 is 1.59 bits per heavy atom. The van der Waals surface area contributed by atoms with Crippen molar-refractivity contribution in [2.45, 2.75) is 26.2 Å². The molecule has 2 rings (SSSR count). The van der Waals surface area contributed by atoms with Crippen LogP contribution in [0.2, 0.25) is 0 Å². The Morgan fingerprint density at radius 3 is 2.05 bits per heavy atom. The topological polar surface area (TPSA) is 52.3 Å². The van der Waals surface area contributed by atoms with Crippen molar-refractivity contribution in [3.05, 3.63) is 54.1 Å². The first-order valence-corrected chi connectivity index (χ1v) is 7.66. The van der Waals surface area contributed by atoms with Gasteiger partial charge in [-0.05, 0) is 41.7 Å². The normalized spacial score (nSPS) is 11.9. The summed E-state index contributed by atoms with van der Waals surface area (Å²) in [6.45, 7) is 2.07. The van der Waals surface area contributed by atoms with Gasteiger partial charge in [0, 0.05) is 5.92 Å². The number of amides is 1. The van der Waals surface area contributed by atoms with Crippen LogP contribution in [0.5, 0.6) is 5.75 Å². The largest absolute Gasteiger partial charge is 0.497 e. The van der Waals surface area contributed by atoms with Gasteiger partial charge >= 0.3 is 0 Å². The molecule has 1 atom stereocenters. The molecule has 116 valence electrons. The summed E-state index contributed by atoms with van der Waals surface area (Å²) in [4.78, 5) is 11.5. The van der Waals surface area contributed by atoms with Gasteiger partial charge in [-0.25, -0.2) is 0 Å². The van der Waals surface area contributed by atoms with Crippen LogP contribution in [0.1, 0.15) is 25.3 Å². The number of methoxy groups -OCH3 is 1. The van der Waals surface area contributed by atoms with Crippen LogP contribution in [0, 0.1) is 5.92 Å². The third-order valence-electron chi connectivity index (χ3n) is 3.90. The first-order valence-electron chi connectivity index (χ1n) is 7.66. The number of hydrogen-bond donors (Lipinski definition) is 1. The summed E-state index contributed by atoms with van der Waals surface area (Å²) in [5.74, 6) is 0.571. The maximum absolute atomic E-state index is 11.5. The molecule has 0 spiro atoms. The molecule has 0 saturated heterocycles. The maximum Gasteiger partial charge on any atom is 0.220 e. The summed E-state index contributed by atoms with van der Waals surface area (Å²) >= 11 is 0. The SMILES string of the molecule is CCCC(Cc1ccc(-c2ccc(OC)cc2)cc1)C(N)=O. The Morgan fingerprint density at radius 1 is 1.05 bits per heavy atom. The van der Waals surface area contributed by atoms with Gasteiger partial charge in [-0.15, -0.1) is 0 Å². The number of hydrogen-bond acceptors (Lipinski definition) is 2. The van der Waals surface area contributed by atoms with E-state index in [1.165, 1.54) is 0 Å². The molecule has 0 heterocycles. The Hall–Kier alpha value is -2.29. The van der Waals surface area contributed by atoms with E-state index in [0.29, 0.717) is 6.42 Å². The van der Waals surface area contributed by atoms with E-state index in [-0.39, 0.29) is 11.8 Å². The second kappa shape index (κ2) is 7.64. The van der Waals surface area contributed by atoms with Gasteiger partial charge in [-0.3, -0.25) is 4.79 Å². The molecule has 0 bridgehead atoms. The number of rotatable bonds is 7. The summed E-state index contributed by atoms with van der Waals surface area (Å²) in [5, 5.41) is 0. The van der Waals surface area contributed by atoms with Crippen molar-refractivity contribution in [2.24, 2.45) is 11.7 Å². The number of primary amides is 1. The van der Waals surface area contributed by atoms with E-state index in [1.54, 1.807) is 7.11 Å². The van der Waals surface area contributed by atoms with Gasteiger partial charge in [0.25, 0.3) is 0 Å². The maximum atomic E-state index is 11.5. The van der Waals surface area contributed by atoms with Crippen LogP contribution >= 0.6 is 0 Å². The third-order valence-corrected chi connectivity index (χ3v) is 3.90. The van der Waals surface area contributed by atoms with Crippen LogP contribution in [0.4, 0.5) is 0 Å². The summed E-state index contributed by atoms with van der Waals surface area (Å²) in [7, 11) is 1.66. The fourth-order valence-corrected chi connectivity index (χ4v) is 2.59. The van der Waals surface area contributed by atoms with Gasteiger partial charge in [0.15, 0.2) is 0 Å². The van der Waals surface area contributed by atoms with Crippen LogP contribution < -0.4 is 10.5 Å². The molecule has 2 aromatic carbocycles. The molecule has 0 saturated carbocycles. The zero-order valence-electron chi connectivity index (χ0n) is 13.2. The fraction of sp³-hybridized carbons (Fsp3) is 0.316. The van der Waals surface area contributed by atoms with E-state index in [0.717, 1.165) is 35.3 Å².